The average molecular weight is 473 g/mol. The third-order valence-electron chi connectivity index (χ3n) is 4.34. The van der Waals surface area contributed by atoms with Crippen LogP contribution in [-0.2, 0) is 14.4 Å². The maximum absolute atomic E-state index is 13.9. The maximum atomic E-state index is 13.9. The summed E-state index contributed by atoms with van der Waals surface area (Å²) in [6.07, 6.45) is -2.14. The number of nitro benzene ring substituents is 1. The van der Waals surface area contributed by atoms with Crippen molar-refractivity contribution >= 4 is 35.1 Å². The molecule has 3 unspecified atom stereocenters. The van der Waals surface area contributed by atoms with Crippen molar-refractivity contribution < 1.29 is 33.9 Å². The van der Waals surface area contributed by atoms with Gasteiger partial charge >= 0.3 is 11.7 Å². The highest BCUT2D eigenvalue weighted by Gasteiger charge is 2.34. The van der Waals surface area contributed by atoms with E-state index in [9.17, 15) is 34.0 Å². The van der Waals surface area contributed by atoms with Crippen LogP contribution in [0.25, 0.3) is 0 Å². The molecular weight excluding hydrogens is 451 g/mol. The number of hydrogen-bond acceptors (Lipinski definition) is 7. The van der Waals surface area contributed by atoms with E-state index in [1.54, 1.807) is 6.07 Å². The summed E-state index contributed by atoms with van der Waals surface area (Å²) < 4.78 is 13.9. The van der Waals surface area contributed by atoms with Crippen LogP contribution in [0, 0.1) is 33.2 Å². The second-order valence-corrected chi connectivity index (χ2v) is 7.68. The van der Waals surface area contributed by atoms with Crippen molar-refractivity contribution in [2.75, 3.05) is 0 Å². The number of halogens is 2. The fourth-order valence-electron chi connectivity index (χ4n) is 2.60. The largest absolute Gasteiger partial charge is 0.480 e. The number of nitrogens with one attached hydrogen (secondary N) is 2. The van der Waals surface area contributed by atoms with Crippen molar-refractivity contribution in [1.82, 2.24) is 10.6 Å². The molecule has 3 atom stereocenters. The average Bonchev–Trinajstić information content (AvgIpc) is 2.70. The number of carbonyl (C=O) groups excluding carboxylic acids is 2. The maximum Gasteiger partial charge on any atom is 0.327 e. The number of carboxylic acid groups (broad SMARTS) is 1. The Hall–Kier alpha value is -3.30. The molecule has 11 nitrogen and oxygen atoms in total. The Balaban J connectivity index is 3.31. The van der Waals surface area contributed by atoms with Gasteiger partial charge in [0.25, 0.3) is 0 Å². The number of carboxylic acids is 1. The minimum atomic E-state index is -1.95. The molecule has 13 heteroatoms. The molecule has 0 aliphatic carbocycles. The smallest absolute Gasteiger partial charge is 0.327 e. The molecule has 0 heterocycles. The highest BCUT2D eigenvalue weighted by molar-refractivity contribution is 6.31. The van der Waals surface area contributed by atoms with E-state index in [2.05, 4.69) is 5.32 Å². The summed E-state index contributed by atoms with van der Waals surface area (Å²) in [6, 6.07) is -0.369. The Labute approximate surface area is 187 Å². The number of rotatable bonds is 11. The standard InChI is InChI=1S/C19H22ClFN4O7/c1-9(2)3-4-14(26)24-16(18(28)23-12(5-6-22)19(29)30)17(27)10-7-11(20)15(21)13(8-10)25(31)32/h7-9,12,16-17,27H,3-5H2,1-2H3,(H,23,28)(H,24,26)(H,29,30). The molecule has 2 amide bonds. The Kier molecular flexibility index (Phi) is 9.96. The van der Waals surface area contributed by atoms with Crippen LogP contribution in [0.2, 0.25) is 5.02 Å². The number of nitriles is 1. The zero-order valence-corrected chi connectivity index (χ0v) is 17.9. The van der Waals surface area contributed by atoms with Crippen LogP contribution in [0.5, 0.6) is 0 Å². The number of nitro groups is 1. The zero-order chi connectivity index (χ0) is 24.6. The van der Waals surface area contributed by atoms with Crippen LogP contribution in [0.15, 0.2) is 12.1 Å². The molecular formula is C19H22ClFN4O7. The van der Waals surface area contributed by atoms with Crippen molar-refractivity contribution in [3.63, 3.8) is 0 Å². The number of hydrogen-bond donors (Lipinski definition) is 4. The Bertz CT molecular complexity index is 935. The first-order chi connectivity index (χ1) is 14.9. The van der Waals surface area contributed by atoms with Crippen LogP contribution in [0.3, 0.4) is 0 Å². The lowest BCUT2D eigenvalue weighted by atomic mass is 9.99. The third-order valence-corrected chi connectivity index (χ3v) is 4.62. The molecule has 1 aromatic rings. The minimum absolute atomic E-state index is 0.0287. The van der Waals surface area contributed by atoms with Crippen LogP contribution in [0.1, 0.15) is 44.8 Å². The van der Waals surface area contributed by atoms with Gasteiger partial charge in [0.15, 0.2) is 0 Å². The number of amides is 2. The molecule has 174 valence electrons. The number of aliphatic carboxylic acids is 1. The van der Waals surface area contributed by atoms with E-state index in [0.29, 0.717) is 12.5 Å². The van der Waals surface area contributed by atoms with Gasteiger partial charge in [-0.05, 0) is 24.0 Å². The molecule has 4 N–H and O–H groups in total. The number of aliphatic hydroxyl groups is 1. The number of benzene rings is 1. The van der Waals surface area contributed by atoms with Gasteiger partial charge in [0.1, 0.15) is 18.2 Å². The molecule has 0 spiro atoms. The Morgan fingerprint density at radius 2 is 1.94 bits per heavy atom. The summed E-state index contributed by atoms with van der Waals surface area (Å²) in [5, 5.41) is 43.2. The topological polar surface area (TPSA) is 183 Å². The van der Waals surface area contributed by atoms with E-state index in [1.807, 2.05) is 19.2 Å². The van der Waals surface area contributed by atoms with Gasteiger partial charge in [-0.1, -0.05) is 25.4 Å². The van der Waals surface area contributed by atoms with E-state index in [-0.39, 0.29) is 17.9 Å². The van der Waals surface area contributed by atoms with Gasteiger partial charge in [-0.15, -0.1) is 0 Å². The lowest BCUT2D eigenvalue weighted by Crippen LogP contribution is -2.54. The van der Waals surface area contributed by atoms with Crippen LogP contribution < -0.4 is 10.6 Å². The molecule has 0 bridgehead atoms. The van der Waals surface area contributed by atoms with Crippen molar-refractivity contribution in [3.8, 4) is 6.07 Å². The molecule has 0 radical (unpaired) electrons. The quantitative estimate of drug-likeness (QED) is 0.277. The highest BCUT2D eigenvalue weighted by Crippen LogP contribution is 2.30. The van der Waals surface area contributed by atoms with Crippen LogP contribution in [-0.4, -0.2) is 45.0 Å². The summed E-state index contributed by atoms with van der Waals surface area (Å²) in [5.74, 6) is -4.56. The molecule has 0 saturated heterocycles. The number of aliphatic hydroxyl groups excluding tert-OH is 1. The van der Waals surface area contributed by atoms with Gasteiger partial charge in [0.2, 0.25) is 17.6 Å². The van der Waals surface area contributed by atoms with Gasteiger partial charge in [0, 0.05) is 12.5 Å². The van der Waals surface area contributed by atoms with Crippen molar-refractivity contribution in [3.05, 3.63) is 38.7 Å². The lowest BCUT2D eigenvalue weighted by molar-refractivity contribution is -0.387. The van der Waals surface area contributed by atoms with Crippen LogP contribution in [0.4, 0.5) is 10.1 Å². The number of nitrogens with zero attached hydrogens (tertiary/aromatic N) is 2. The molecule has 32 heavy (non-hydrogen) atoms. The van der Waals surface area contributed by atoms with Gasteiger partial charge in [-0.25, -0.2) is 4.79 Å². The van der Waals surface area contributed by atoms with Crippen LogP contribution >= 0.6 is 11.6 Å². The first-order valence-electron chi connectivity index (χ1n) is 9.39. The summed E-state index contributed by atoms with van der Waals surface area (Å²) in [5.41, 5.74) is -1.43. The van der Waals surface area contributed by atoms with Crippen molar-refractivity contribution in [2.45, 2.75) is 51.3 Å². The van der Waals surface area contributed by atoms with E-state index in [1.165, 1.54) is 0 Å². The second kappa shape index (κ2) is 11.9. The van der Waals surface area contributed by atoms with Crippen molar-refractivity contribution in [1.29, 1.82) is 5.26 Å². The SMILES string of the molecule is CC(C)CCC(=O)NC(C(=O)NC(CC#N)C(=O)O)C(O)c1cc(Cl)c(F)c([N+](=O)[O-])c1. The second-order valence-electron chi connectivity index (χ2n) is 7.28. The molecule has 0 aliphatic rings. The molecule has 0 saturated carbocycles. The van der Waals surface area contributed by atoms with Gasteiger partial charge in [-0.3, -0.25) is 19.7 Å². The number of carbonyl (C=O) groups is 3. The summed E-state index contributed by atoms with van der Waals surface area (Å²) >= 11 is 5.66. The van der Waals surface area contributed by atoms with E-state index >= 15 is 0 Å². The first kappa shape index (κ1) is 26.7. The van der Waals surface area contributed by atoms with Gasteiger partial charge in [-0.2, -0.15) is 9.65 Å². The van der Waals surface area contributed by atoms with Crippen molar-refractivity contribution in [2.24, 2.45) is 5.92 Å². The Morgan fingerprint density at radius 1 is 1.31 bits per heavy atom. The summed E-state index contributed by atoms with van der Waals surface area (Å²) in [4.78, 5) is 46.2. The monoisotopic (exact) mass is 472 g/mol. The molecule has 0 fully saturated rings. The predicted molar refractivity (Wildman–Crippen MR) is 109 cm³/mol. The Morgan fingerprint density at radius 3 is 2.44 bits per heavy atom. The normalized spacial score (nSPS) is 13.5. The molecule has 1 aromatic carbocycles. The lowest BCUT2D eigenvalue weighted by Gasteiger charge is -2.25. The molecule has 1 rings (SSSR count). The fraction of sp³-hybridized carbons (Fsp3) is 0.474. The van der Waals surface area contributed by atoms with Gasteiger partial charge in [0.05, 0.1) is 22.4 Å². The van der Waals surface area contributed by atoms with Gasteiger partial charge < -0.3 is 20.8 Å². The predicted octanol–water partition coefficient (Wildman–Crippen LogP) is 1.82. The fourth-order valence-corrected chi connectivity index (χ4v) is 2.82. The zero-order valence-electron chi connectivity index (χ0n) is 17.2. The summed E-state index contributed by atoms with van der Waals surface area (Å²) in [6.45, 7) is 3.70. The van der Waals surface area contributed by atoms with E-state index < -0.39 is 63.8 Å². The molecule has 0 aromatic heterocycles. The minimum Gasteiger partial charge on any atom is -0.480 e. The van der Waals surface area contributed by atoms with E-state index in [4.69, 9.17) is 22.0 Å². The summed E-state index contributed by atoms with van der Waals surface area (Å²) in [7, 11) is 0. The highest BCUT2D eigenvalue weighted by atomic mass is 35.5. The third kappa shape index (κ3) is 7.44. The first-order valence-corrected chi connectivity index (χ1v) is 9.77. The molecule has 0 aliphatic heterocycles. The van der Waals surface area contributed by atoms with E-state index in [0.717, 1.165) is 6.07 Å².